The molecule has 0 saturated carbocycles. The van der Waals surface area contributed by atoms with E-state index in [0.29, 0.717) is 30.4 Å². The van der Waals surface area contributed by atoms with E-state index in [1.54, 1.807) is 0 Å². The SMILES string of the molecule is COc1ccc(F)cc1C(C(=O)O)N1CCC(N2CCN(CCO)CC2)CC1. The lowest BCUT2D eigenvalue weighted by molar-refractivity contribution is -0.144. The lowest BCUT2D eigenvalue weighted by Crippen LogP contribution is -2.54. The number of nitrogens with zero attached hydrogens (tertiary/aromatic N) is 3. The predicted molar refractivity (Wildman–Crippen MR) is 103 cm³/mol. The van der Waals surface area contributed by atoms with Gasteiger partial charge in [0.15, 0.2) is 0 Å². The van der Waals surface area contributed by atoms with Crippen LogP contribution in [0.4, 0.5) is 4.39 Å². The summed E-state index contributed by atoms with van der Waals surface area (Å²) in [4.78, 5) is 18.7. The molecular weight excluding hydrogens is 365 g/mol. The molecule has 2 saturated heterocycles. The highest BCUT2D eigenvalue weighted by molar-refractivity contribution is 5.76. The quantitative estimate of drug-likeness (QED) is 0.714. The average Bonchev–Trinajstić information content (AvgIpc) is 2.70. The highest BCUT2D eigenvalue weighted by atomic mass is 19.1. The number of halogens is 1. The second-order valence-electron chi connectivity index (χ2n) is 7.50. The van der Waals surface area contributed by atoms with E-state index < -0.39 is 17.8 Å². The number of methoxy groups -OCH3 is 1. The summed E-state index contributed by atoms with van der Waals surface area (Å²) in [5.74, 6) is -1.05. The van der Waals surface area contributed by atoms with E-state index in [1.165, 1.54) is 25.3 Å². The molecule has 0 radical (unpaired) electrons. The number of rotatable bonds is 7. The summed E-state index contributed by atoms with van der Waals surface area (Å²) in [5, 5.41) is 18.9. The van der Waals surface area contributed by atoms with Crippen molar-refractivity contribution in [2.45, 2.75) is 24.9 Å². The summed E-state index contributed by atoms with van der Waals surface area (Å²) in [5.41, 5.74) is 0.367. The third kappa shape index (κ3) is 4.81. The molecule has 0 amide bonds. The van der Waals surface area contributed by atoms with Gasteiger partial charge in [-0.1, -0.05) is 0 Å². The van der Waals surface area contributed by atoms with Crippen molar-refractivity contribution in [3.05, 3.63) is 29.6 Å². The van der Waals surface area contributed by atoms with Crippen molar-refractivity contribution in [1.82, 2.24) is 14.7 Å². The molecule has 28 heavy (non-hydrogen) atoms. The van der Waals surface area contributed by atoms with Gasteiger partial charge >= 0.3 is 5.97 Å². The van der Waals surface area contributed by atoms with Crippen LogP contribution in [0.5, 0.6) is 5.75 Å². The van der Waals surface area contributed by atoms with Gasteiger partial charge in [0.05, 0.1) is 13.7 Å². The summed E-state index contributed by atoms with van der Waals surface area (Å²) in [6, 6.07) is 3.57. The van der Waals surface area contributed by atoms with Crippen LogP contribution in [0.3, 0.4) is 0 Å². The number of piperidine rings is 1. The molecule has 1 aromatic rings. The zero-order valence-corrected chi connectivity index (χ0v) is 16.4. The predicted octanol–water partition coefficient (Wildman–Crippen LogP) is 1.03. The molecule has 0 spiro atoms. The number of hydrogen-bond acceptors (Lipinski definition) is 6. The van der Waals surface area contributed by atoms with Crippen LogP contribution in [0, 0.1) is 5.82 Å². The van der Waals surface area contributed by atoms with Gasteiger partial charge in [0.25, 0.3) is 0 Å². The average molecular weight is 395 g/mol. The van der Waals surface area contributed by atoms with Crippen molar-refractivity contribution in [2.75, 3.05) is 59.5 Å². The molecule has 2 heterocycles. The van der Waals surface area contributed by atoms with Crippen molar-refractivity contribution in [3.63, 3.8) is 0 Å². The summed E-state index contributed by atoms with van der Waals surface area (Å²) >= 11 is 0. The molecule has 156 valence electrons. The van der Waals surface area contributed by atoms with Gasteiger partial charge in [0, 0.05) is 57.4 Å². The highest BCUT2D eigenvalue weighted by Gasteiger charge is 2.35. The Morgan fingerprint density at radius 3 is 2.46 bits per heavy atom. The monoisotopic (exact) mass is 395 g/mol. The van der Waals surface area contributed by atoms with E-state index in [9.17, 15) is 14.3 Å². The fourth-order valence-electron chi connectivity index (χ4n) is 4.41. The molecule has 1 unspecified atom stereocenters. The maximum absolute atomic E-state index is 13.8. The molecule has 2 N–H and O–H groups in total. The highest BCUT2D eigenvalue weighted by Crippen LogP contribution is 2.33. The number of aliphatic hydroxyl groups is 1. The molecule has 2 aliphatic rings. The molecule has 7 nitrogen and oxygen atoms in total. The molecular formula is C20H30FN3O4. The Balaban J connectivity index is 1.63. The van der Waals surface area contributed by atoms with Gasteiger partial charge in [0.2, 0.25) is 0 Å². The minimum absolute atomic E-state index is 0.193. The third-order valence-corrected chi connectivity index (χ3v) is 5.92. The first kappa shape index (κ1) is 21.0. The van der Waals surface area contributed by atoms with Crippen LogP contribution < -0.4 is 4.74 Å². The normalized spacial score (nSPS) is 21.5. The summed E-state index contributed by atoms with van der Waals surface area (Å²) in [7, 11) is 1.47. The Hall–Kier alpha value is -1.74. The number of likely N-dealkylation sites (tertiary alicyclic amines) is 1. The number of hydrogen-bond donors (Lipinski definition) is 2. The van der Waals surface area contributed by atoms with Gasteiger partial charge in [-0.15, -0.1) is 0 Å². The third-order valence-electron chi connectivity index (χ3n) is 5.92. The Kier molecular flexibility index (Phi) is 7.23. The van der Waals surface area contributed by atoms with Gasteiger partial charge in [-0.05, 0) is 31.0 Å². The number of carboxylic acids is 1. The Bertz CT molecular complexity index is 659. The molecule has 1 aromatic carbocycles. The molecule has 8 heteroatoms. The van der Waals surface area contributed by atoms with Gasteiger partial charge in [-0.3, -0.25) is 19.5 Å². The second kappa shape index (κ2) is 9.65. The topological polar surface area (TPSA) is 76.5 Å². The minimum Gasteiger partial charge on any atom is -0.496 e. The fraction of sp³-hybridized carbons (Fsp3) is 0.650. The standard InChI is InChI=1S/C20H30FN3O4/c1-28-18-3-2-15(21)14-17(18)19(20(26)27)24-6-4-16(5-7-24)23-10-8-22(9-11-23)12-13-25/h2-3,14,16,19,25H,4-13H2,1H3,(H,26,27). The number of carbonyl (C=O) groups is 1. The maximum Gasteiger partial charge on any atom is 0.325 e. The molecule has 1 atom stereocenters. The first-order chi connectivity index (χ1) is 13.5. The number of aliphatic hydroxyl groups excluding tert-OH is 1. The van der Waals surface area contributed by atoms with E-state index >= 15 is 0 Å². The zero-order valence-electron chi connectivity index (χ0n) is 16.4. The van der Waals surface area contributed by atoms with Gasteiger partial charge < -0.3 is 14.9 Å². The summed E-state index contributed by atoms with van der Waals surface area (Å²) < 4.78 is 19.1. The first-order valence-electron chi connectivity index (χ1n) is 9.91. The molecule has 2 fully saturated rings. The van der Waals surface area contributed by atoms with Crippen LogP contribution in [-0.4, -0.2) is 96.5 Å². The number of ether oxygens (including phenoxy) is 1. The molecule has 2 aliphatic heterocycles. The van der Waals surface area contributed by atoms with E-state index in [0.717, 1.165) is 45.6 Å². The lowest BCUT2D eigenvalue weighted by atomic mass is 9.97. The Morgan fingerprint density at radius 2 is 1.89 bits per heavy atom. The van der Waals surface area contributed by atoms with Gasteiger partial charge in [-0.25, -0.2) is 4.39 Å². The fourth-order valence-corrected chi connectivity index (χ4v) is 4.41. The van der Waals surface area contributed by atoms with Crippen molar-refractivity contribution in [1.29, 1.82) is 0 Å². The van der Waals surface area contributed by atoms with E-state index in [4.69, 9.17) is 9.84 Å². The van der Waals surface area contributed by atoms with E-state index in [-0.39, 0.29) is 6.61 Å². The molecule has 3 rings (SSSR count). The number of β-amino-alcohol motifs (C(OH)–C–C–N with tert-alkyl or cyclic N) is 1. The van der Waals surface area contributed by atoms with Gasteiger partial charge in [0.1, 0.15) is 17.6 Å². The van der Waals surface area contributed by atoms with E-state index in [2.05, 4.69) is 9.80 Å². The molecule has 0 bridgehead atoms. The smallest absolute Gasteiger partial charge is 0.325 e. The van der Waals surface area contributed by atoms with E-state index in [1.807, 2.05) is 4.90 Å². The zero-order chi connectivity index (χ0) is 20.1. The summed E-state index contributed by atoms with van der Waals surface area (Å²) in [6.45, 7) is 6.09. The second-order valence-corrected chi connectivity index (χ2v) is 7.50. The number of aliphatic carboxylic acids is 1. The van der Waals surface area contributed by atoms with Crippen molar-refractivity contribution in [2.24, 2.45) is 0 Å². The van der Waals surface area contributed by atoms with Crippen LogP contribution in [0.1, 0.15) is 24.4 Å². The maximum atomic E-state index is 13.8. The van der Waals surface area contributed by atoms with Crippen molar-refractivity contribution in [3.8, 4) is 5.75 Å². The first-order valence-corrected chi connectivity index (χ1v) is 9.91. The van der Waals surface area contributed by atoms with Crippen molar-refractivity contribution < 1.29 is 24.1 Å². The van der Waals surface area contributed by atoms with Crippen LogP contribution in [-0.2, 0) is 4.79 Å². The van der Waals surface area contributed by atoms with Crippen LogP contribution in [0.2, 0.25) is 0 Å². The minimum atomic E-state index is -0.986. The van der Waals surface area contributed by atoms with Crippen LogP contribution in [0.25, 0.3) is 0 Å². The van der Waals surface area contributed by atoms with Crippen molar-refractivity contribution >= 4 is 5.97 Å². The van der Waals surface area contributed by atoms with Crippen LogP contribution in [0.15, 0.2) is 18.2 Å². The largest absolute Gasteiger partial charge is 0.496 e. The number of piperazine rings is 1. The van der Waals surface area contributed by atoms with Gasteiger partial charge in [-0.2, -0.15) is 0 Å². The number of carboxylic acid groups (broad SMARTS) is 1. The Labute approximate surface area is 165 Å². The lowest BCUT2D eigenvalue weighted by Gasteiger charge is -2.43. The summed E-state index contributed by atoms with van der Waals surface area (Å²) in [6.07, 6.45) is 1.78. The molecule has 0 aliphatic carbocycles. The Morgan fingerprint density at radius 1 is 1.21 bits per heavy atom. The van der Waals surface area contributed by atoms with Crippen LogP contribution >= 0.6 is 0 Å². The molecule has 0 aromatic heterocycles. The number of benzene rings is 1.